The standard InChI is InChI=1S/C23H31N5.HI/c24-23(26-22-10-9-20-7-4-8-21(20)17-22)25-11-12-27-13-15-28(16-14-27)18-19-5-2-1-3-6-19;/h1-3,5-6,9-10,17H,4,7-8,11-16,18H2,(H3,24,25,26);1H. The third-order valence-electron chi connectivity index (χ3n) is 5.78. The molecular weight excluding hydrogens is 473 g/mol. The van der Waals surface area contributed by atoms with Gasteiger partial charge >= 0.3 is 0 Å². The molecule has 1 aliphatic carbocycles. The summed E-state index contributed by atoms with van der Waals surface area (Å²) in [6.45, 7) is 7.17. The third kappa shape index (κ3) is 6.42. The van der Waals surface area contributed by atoms with E-state index >= 15 is 0 Å². The van der Waals surface area contributed by atoms with Gasteiger partial charge in [-0.05, 0) is 48.1 Å². The Bertz CT molecular complexity index is 800. The van der Waals surface area contributed by atoms with E-state index < -0.39 is 0 Å². The summed E-state index contributed by atoms with van der Waals surface area (Å²) in [6.07, 6.45) is 3.65. The molecule has 2 aromatic rings. The van der Waals surface area contributed by atoms with E-state index in [0.29, 0.717) is 5.96 Å². The maximum absolute atomic E-state index is 6.09. The van der Waals surface area contributed by atoms with Gasteiger partial charge in [0.15, 0.2) is 5.96 Å². The van der Waals surface area contributed by atoms with Gasteiger partial charge in [0.05, 0.1) is 6.54 Å². The Morgan fingerprint density at radius 2 is 1.66 bits per heavy atom. The number of hydrogen-bond acceptors (Lipinski definition) is 3. The predicted molar refractivity (Wildman–Crippen MR) is 132 cm³/mol. The number of piperazine rings is 1. The van der Waals surface area contributed by atoms with Gasteiger partial charge in [-0.1, -0.05) is 36.4 Å². The van der Waals surface area contributed by atoms with Crippen LogP contribution in [0.4, 0.5) is 5.69 Å². The number of nitrogens with two attached hydrogens (primary N) is 1. The van der Waals surface area contributed by atoms with Crippen LogP contribution in [-0.2, 0) is 19.4 Å². The zero-order valence-corrected chi connectivity index (χ0v) is 19.3. The molecule has 1 heterocycles. The Labute approximate surface area is 191 Å². The topological polar surface area (TPSA) is 56.9 Å². The molecule has 3 N–H and O–H groups in total. The van der Waals surface area contributed by atoms with E-state index in [9.17, 15) is 0 Å². The van der Waals surface area contributed by atoms with Gasteiger partial charge in [-0.25, -0.2) is 0 Å². The number of fused-ring (bicyclic) bond motifs is 1. The molecule has 0 bridgehead atoms. The summed E-state index contributed by atoms with van der Waals surface area (Å²) in [5, 5.41) is 3.24. The number of rotatable bonds is 6. The van der Waals surface area contributed by atoms with E-state index in [1.807, 2.05) is 0 Å². The second-order valence-corrected chi connectivity index (χ2v) is 7.83. The third-order valence-corrected chi connectivity index (χ3v) is 5.78. The van der Waals surface area contributed by atoms with Crippen molar-refractivity contribution in [3.05, 3.63) is 65.2 Å². The van der Waals surface area contributed by atoms with Crippen LogP contribution in [0.5, 0.6) is 0 Å². The molecule has 0 radical (unpaired) electrons. The number of nitrogens with zero attached hydrogens (tertiary/aromatic N) is 3. The lowest BCUT2D eigenvalue weighted by atomic mass is 10.1. The fraction of sp³-hybridized carbons (Fsp3) is 0.435. The van der Waals surface area contributed by atoms with Crippen LogP contribution in [0.2, 0.25) is 0 Å². The number of guanidine groups is 1. The van der Waals surface area contributed by atoms with Crippen molar-refractivity contribution >= 4 is 35.6 Å². The SMILES string of the molecule is I.NC(=NCCN1CCN(Cc2ccccc2)CC1)Nc1ccc2c(c1)CCC2. The predicted octanol–water partition coefficient (Wildman–Crippen LogP) is 3.34. The first-order valence-corrected chi connectivity index (χ1v) is 10.4. The van der Waals surface area contributed by atoms with Gasteiger partial charge in [-0.3, -0.25) is 14.8 Å². The minimum absolute atomic E-state index is 0. The normalized spacial score (nSPS) is 17.6. The summed E-state index contributed by atoms with van der Waals surface area (Å²) in [4.78, 5) is 9.53. The molecule has 0 amide bonds. The number of benzene rings is 2. The zero-order valence-electron chi connectivity index (χ0n) is 17.0. The van der Waals surface area contributed by atoms with Crippen LogP contribution < -0.4 is 11.1 Å². The number of anilines is 1. The molecule has 4 rings (SSSR count). The molecule has 29 heavy (non-hydrogen) atoms. The first-order chi connectivity index (χ1) is 13.8. The number of hydrogen-bond donors (Lipinski definition) is 2. The second-order valence-electron chi connectivity index (χ2n) is 7.83. The van der Waals surface area contributed by atoms with Crippen LogP contribution in [-0.4, -0.2) is 55.0 Å². The monoisotopic (exact) mass is 505 g/mol. The minimum atomic E-state index is 0. The van der Waals surface area contributed by atoms with E-state index in [2.05, 4.69) is 68.6 Å². The van der Waals surface area contributed by atoms with Crippen LogP contribution in [0.1, 0.15) is 23.1 Å². The lowest BCUT2D eigenvalue weighted by Gasteiger charge is -2.34. The maximum Gasteiger partial charge on any atom is 0.193 e. The Balaban J connectivity index is 0.00000240. The van der Waals surface area contributed by atoms with Gasteiger partial charge in [-0.15, -0.1) is 24.0 Å². The first kappa shape index (κ1) is 22.1. The Morgan fingerprint density at radius 1 is 0.931 bits per heavy atom. The molecule has 2 aromatic carbocycles. The second kappa shape index (κ2) is 10.9. The van der Waals surface area contributed by atoms with Crippen molar-refractivity contribution < 1.29 is 0 Å². The molecule has 0 spiro atoms. The summed E-state index contributed by atoms with van der Waals surface area (Å²) in [5.74, 6) is 0.515. The van der Waals surface area contributed by atoms with E-state index in [-0.39, 0.29) is 24.0 Å². The van der Waals surface area contributed by atoms with Crippen molar-refractivity contribution in [2.45, 2.75) is 25.8 Å². The highest BCUT2D eigenvalue weighted by Crippen LogP contribution is 2.24. The number of halogens is 1. The Morgan fingerprint density at radius 3 is 2.45 bits per heavy atom. The summed E-state index contributed by atoms with van der Waals surface area (Å²) < 4.78 is 0. The molecule has 0 unspecified atom stereocenters. The molecule has 1 aliphatic heterocycles. The Hall–Kier alpha value is -1.64. The molecule has 1 fully saturated rings. The van der Waals surface area contributed by atoms with Crippen LogP contribution in [0.25, 0.3) is 0 Å². The molecule has 6 heteroatoms. The van der Waals surface area contributed by atoms with Crippen LogP contribution in [0, 0.1) is 0 Å². The quantitative estimate of drug-likeness (QED) is 0.359. The van der Waals surface area contributed by atoms with E-state index in [1.165, 1.54) is 36.0 Å². The summed E-state index contributed by atoms with van der Waals surface area (Å²) in [6, 6.07) is 17.3. The number of aryl methyl sites for hydroxylation is 2. The van der Waals surface area contributed by atoms with Gasteiger partial charge in [-0.2, -0.15) is 0 Å². The maximum atomic E-state index is 6.09. The molecule has 0 saturated carbocycles. The van der Waals surface area contributed by atoms with Crippen molar-refractivity contribution in [3.63, 3.8) is 0 Å². The molecule has 0 atom stereocenters. The molecule has 2 aliphatic rings. The lowest BCUT2D eigenvalue weighted by Crippen LogP contribution is -2.46. The van der Waals surface area contributed by atoms with Gasteiger partial charge in [0, 0.05) is 45.0 Å². The van der Waals surface area contributed by atoms with Crippen molar-refractivity contribution in [3.8, 4) is 0 Å². The Kier molecular flexibility index (Phi) is 8.32. The fourth-order valence-corrected chi connectivity index (χ4v) is 4.16. The van der Waals surface area contributed by atoms with Crippen molar-refractivity contribution in [2.75, 3.05) is 44.6 Å². The minimum Gasteiger partial charge on any atom is -0.370 e. The van der Waals surface area contributed by atoms with Gasteiger partial charge in [0.1, 0.15) is 0 Å². The highest BCUT2D eigenvalue weighted by atomic mass is 127. The lowest BCUT2D eigenvalue weighted by molar-refractivity contribution is 0.130. The molecule has 1 saturated heterocycles. The van der Waals surface area contributed by atoms with Crippen molar-refractivity contribution in [1.82, 2.24) is 9.80 Å². The fourth-order valence-electron chi connectivity index (χ4n) is 4.16. The zero-order chi connectivity index (χ0) is 19.2. The largest absolute Gasteiger partial charge is 0.370 e. The smallest absolute Gasteiger partial charge is 0.193 e. The first-order valence-electron chi connectivity index (χ1n) is 10.4. The highest BCUT2D eigenvalue weighted by molar-refractivity contribution is 14.0. The summed E-state index contributed by atoms with van der Waals surface area (Å²) >= 11 is 0. The van der Waals surface area contributed by atoms with Crippen LogP contribution in [0.15, 0.2) is 53.5 Å². The van der Waals surface area contributed by atoms with E-state index in [4.69, 9.17) is 5.73 Å². The van der Waals surface area contributed by atoms with Gasteiger partial charge in [0.25, 0.3) is 0 Å². The highest BCUT2D eigenvalue weighted by Gasteiger charge is 2.16. The van der Waals surface area contributed by atoms with Gasteiger partial charge in [0.2, 0.25) is 0 Å². The number of nitrogens with one attached hydrogen (secondary N) is 1. The van der Waals surface area contributed by atoms with E-state index in [0.717, 1.165) is 51.5 Å². The van der Waals surface area contributed by atoms with Crippen LogP contribution in [0.3, 0.4) is 0 Å². The molecule has 0 aromatic heterocycles. The molecule has 5 nitrogen and oxygen atoms in total. The van der Waals surface area contributed by atoms with Crippen LogP contribution >= 0.6 is 24.0 Å². The summed E-state index contributed by atoms with van der Waals surface area (Å²) in [7, 11) is 0. The molecular formula is C23H32IN5. The average Bonchev–Trinajstić information content (AvgIpc) is 3.18. The van der Waals surface area contributed by atoms with Crippen molar-refractivity contribution in [1.29, 1.82) is 0 Å². The van der Waals surface area contributed by atoms with Gasteiger partial charge < -0.3 is 11.1 Å². The van der Waals surface area contributed by atoms with Crippen molar-refractivity contribution in [2.24, 2.45) is 10.7 Å². The molecule has 156 valence electrons. The van der Waals surface area contributed by atoms with E-state index in [1.54, 1.807) is 0 Å². The summed E-state index contributed by atoms with van der Waals surface area (Å²) in [5.41, 5.74) is 11.5. The number of aliphatic imine (C=N–C) groups is 1. The average molecular weight is 505 g/mol.